The van der Waals surface area contributed by atoms with Gasteiger partial charge in [-0.3, -0.25) is 9.59 Å². The molecule has 2 fully saturated rings. The number of carbonyl (C=O) groups is 1. The van der Waals surface area contributed by atoms with Gasteiger partial charge in [0.2, 0.25) is 15.9 Å². The molecule has 0 atom stereocenters. The average Bonchev–Trinajstić information content (AvgIpc) is 3.06. The van der Waals surface area contributed by atoms with Crippen LogP contribution in [0, 0.1) is 5.92 Å². The van der Waals surface area contributed by atoms with Crippen molar-refractivity contribution < 1.29 is 13.2 Å². The Labute approximate surface area is 180 Å². The molecule has 164 valence electrons. The molecule has 0 saturated carbocycles. The first-order chi connectivity index (χ1) is 14.3. The summed E-state index contributed by atoms with van der Waals surface area (Å²) in [5, 5.41) is 0. The number of sulfonamides is 1. The molecule has 0 radical (unpaired) electrons. The van der Waals surface area contributed by atoms with E-state index in [1.807, 2.05) is 4.90 Å². The van der Waals surface area contributed by atoms with E-state index in [0.717, 1.165) is 49.6 Å². The second-order valence-electron chi connectivity index (χ2n) is 7.99. The lowest BCUT2D eigenvalue weighted by molar-refractivity contribution is -0.138. The van der Waals surface area contributed by atoms with Crippen LogP contribution in [0.4, 0.5) is 0 Å². The van der Waals surface area contributed by atoms with E-state index in [1.165, 1.54) is 8.87 Å². The monoisotopic (exact) mass is 452 g/mol. The van der Waals surface area contributed by atoms with Crippen molar-refractivity contribution in [2.75, 3.05) is 45.8 Å². The Bertz CT molecular complexity index is 1090. The van der Waals surface area contributed by atoms with E-state index < -0.39 is 10.0 Å². The largest absolute Gasteiger partial charge is 0.340 e. The van der Waals surface area contributed by atoms with Gasteiger partial charge in [-0.05, 0) is 37.6 Å². The van der Waals surface area contributed by atoms with Gasteiger partial charge in [-0.15, -0.1) is 0 Å². The minimum absolute atomic E-state index is 0.105. The second-order valence-corrected chi connectivity index (χ2v) is 10.9. The maximum absolute atomic E-state index is 13.1. The number of fused-ring (bicyclic) bond motifs is 1. The Morgan fingerprint density at radius 2 is 1.77 bits per heavy atom. The van der Waals surface area contributed by atoms with Crippen molar-refractivity contribution in [3.63, 3.8) is 0 Å². The van der Waals surface area contributed by atoms with Crippen molar-refractivity contribution in [3.8, 4) is 0 Å². The normalized spacial score (nSPS) is 20.1. The third-order valence-electron chi connectivity index (χ3n) is 6.34. The van der Waals surface area contributed by atoms with Gasteiger partial charge in [0, 0.05) is 52.2 Å². The van der Waals surface area contributed by atoms with Crippen LogP contribution in [0.2, 0.25) is 0 Å². The van der Waals surface area contributed by atoms with Gasteiger partial charge in [0.05, 0.1) is 15.1 Å². The maximum Gasteiger partial charge on any atom is 0.307 e. The number of piperidine rings is 1. The number of hydrogen-bond acceptors (Lipinski definition) is 6. The van der Waals surface area contributed by atoms with E-state index in [-0.39, 0.29) is 21.6 Å². The lowest BCUT2D eigenvalue weighted by Gasteiger charge is -2.38. The van der Waals surface area contributed by atoms with Crippen molar-refractivity contribution in [1.29, 1.82) is 0 Å². The van der Waals surface area contributed by atoms with E-state index in [0.29, 0.717) is 30.6 Å². The summed E-state index contributed by atoms with van der Waals surface area (Å²) in [4.78, 5) is 29.1. The number of aryl methyl sites for hydroxylation is 1. The number of hydrogen-bond donors (Lipinski definition) is 0. The standard InChI is InChI=1S/C20H28N4O4S2/c1-3-22-10-12-23(13-11-22)19(25)15-6-8-24(9-7-15)30(27,28)16-4-5-17-18(14-16)29-20(26)21(17)2/h4-5,14-15H,3,6-13H2,1-2H3. The fraction of sp³-hybridized carbons (Fsp3) is 0.600. The number of rotatable bonds is 4. The number of piperazine rings is 1. The van der Waals surface area contributed by atoms with Gasteiger partial charge in [0.15, 0.2) is 0 Å². The Morgan fingerprint density at radius 1 is 1.10 bits per heavy atom. The number of nitrogens with zero attached hydrogens (tertiary/aromatic N) is 4. The summed E-state index contributed by atoms with van der Waals surface area (Å²) in [5.41, 5.74) is 0.733. The molecule has 2 aromatic rings. The average molecular weight is 453 g/mol. The smallest absolute Gasteiger partial charge is 0.307 e. The predicted molar refractivity (Wildman–Crippen MR) is 117 cm³/mol. The second kappa shape index (κ2) is 8.41. The number of thiazole rings is 1. The first kappa shape index (κ1) is 21.5. The fourth-order valence-electron chi connectivity index (χ4n) is 4.31. The van der Waals surface area contributed by atoms with E-state index in [9.17, 15) is 18.0 Å². The van der Waals surface area contributed by atoms with Crippen molar-refractivity contribution in [1.82, 2.24) is 18.7 Å². The highest BCUT2D eigenvalue weighted by molar-refractivity contribution is 7.89. The van der Waals surface area contributed by atoms with E-state index in [1.54, 1.807) is 25.2 Å². The van der Waals surface area contributed by atoms with Gasteiger partial charge in [0.1, 0.15) is 0 Å². The topological polar surface area (TPSA) is 82.9 Å². The number of amides is 1. The molecule has 30 heavy (non-hydrogen) atoms. The molecule has 2 saturated heterocycles. The van der Waals surface area contributed by atoms with Crippen LogP contribution < -0.4 is 4.87 Å². The molecule has 1 aromatic carbocycles. The Morgan fingerprint density at radius 3 is 2.40 bits per heavy atom. The molecule has 4 rings (SSSR count). The van der Waals surface area contributed by atoms with Crippen molar-refractivity contribution in [2.24, 2.45) is 13.0 Å². The summed E-state index contributed by atoms with van der Waals surface area (Å²) in [6.45, 7) is 7.14. The van der Waals surface area contributed by atoms with Crippen molar-refractivity contribution >= 4 is 37.5 Å². The molecule has 1 amide bonds. The molecule has 10 heteroatoms. The third kappa shape index (κ3) is 3.93. The molecular weight excluding hydrogens is 424 g/mol. The van der Waals surface area contributed by atoms with Crippen LogP contribution in [0.5, 0.6) is 0 Å². The van der Waals surface area contributed by atoms with E-state index >= 15 is 0 Å². The summed E-state index contributed by atoms with van der Waals surface area (Å²) in [5.74, 6) is 0.0600. The lowest BCUT2D eigenvalue weighted by Crippen LogP contribution is -2.51. The SMILES string of the molecule is CCN1CCN(C(=O)C2CCN(S(=O)(=O)c3ccc4c(c3)sc(=O)n4C)CC2)CC1. The minimum Gasteiger partial charge on any atom is -0.340 e. The Hall–Kier alpha value is -1.75. The minimum atomic E-state index is -3.64. The van der Waals surface area contributed by atoms with E-state index in [4.69, 9.17) is 0 Å². The van der Waals surface area contributed by atoms with Crippen LogP contribution in [0.15, 0.2) is 27.9 Å². The summed E-state index contributed by atoms with van der Waals surface area (Å²) >= 11 is 1.05. The van der Waals surface area contributed by atoms with Crippen LogP contribution in [0.25, 0.3) is 10.2 Å². The zero-order valence-corrected chi connectivity index (χ0v) is 19.0. The Balaban J connectivity index is 1.42. The van der Waals surface area contributed by atoms with Crippen LogP contribution in [0.1, 0.15) is 19.8 Å². The molecule has 0 unspecified atom stereocenters. The van der Waals surface area contributed by atoms with Gasteiger partial charge >= 0.3 is 4.87 Å². The highest BCUT2D eigenvalue weighted by atomic mass is 32.2. The first-order valence-corrected chi connectivity index (χ1v) is 12.7. The van der Waals surface area contributed by atoms with Gasteiger partial charge in [-0.1, -0.05) is 18.3 Å². The zero-order valence-electron chi connectivity index (χ0n) is 17.4. The number of likely N-dealkylation sites (N-methyl/N-ethyl adjacent to an activating group) is 1. The van der Waals surface area contributed by atoms with Gasteiger partial charge in [-0.2, -0.15) is 4.31 Å². The zero-order chi connectivity index (χ0) is 21.5. The molecule has 0 bridgehead atoms. The van der Waals surface area contributed by atoms with Crippen LogP contribution >= 0.6 is 11.3 Å². The molecule has 3 heterocycles. The van der Waals surface area contributed by atoms with Crippen LogP contribution in [0.3, 0.4) is 0 Å². The lowest BCUT2D eigenvalue weighted by atomic mass is 9.96. The summed E-state index contributed by atoms with van der Waals surface area (Å²) in [6, 6.07) is 4.84. The summed E-state index contributed by atoms with van der Waals surface area (Å²) in [6.07, 6.45) is 1.10. The molecular formula is C20H28N4O4S2. The summed E-state index contributed by atoms with van der Waals surface area (Å²) < 4.78 is 29.9. The maximum atomic E-state index is 13.1. The first-order valence-electron chi connectivity index (χ1n) is 10.4. The molecule has 8 nitrogen and oxygen atoms in total. The number of aromatic nitrogens is 1. The van der Waals surface area contributed by atoms with E-state index in [2.05, 4.69) is 11.8 Å². The molecule has 0 spiro atoms. The van der Waals surface area contributed by atoms with Crippen LogP contribution in [-0.4, -0.2) is 78.8 Å². The molecule has 0 aliphatic carbocycles. The van der Waals surface area contributed by atoms with Gasteiger partial charge in [0.25, 0.3) is 0 Å². The van der Waals surface area contributed by atoms with Gasteiger partial charge < -0.3 is 14.4 Å². The molecule has 2 aliphatic rings. The Kier molecular flexibility index (Phi) is 6.02. The number of benzene rings is 1. The van der Waals surface area contributed by atoms with Crippen LogP contribution in [-0.2, 0) is 21.9 Å². The van der Waals surface area contributed by atoms with Gasteiger partial charge in [-0.25, -0.2) is 8.42 Å². The molecule has 0 N–H and O–H groups in total. The predicted octanol–water partition coefficient (Wildman–Crippen LogP) is 1.16. The molecule has 2 aliphatic heterocycles. The molecule has 1 aromatic heterocycles. The summed E-state index contributed by atoms with van der Waals surface area (Å²) in [7, 11) is -1.96. The highest BCUT2D eigenvalue weighted by Crippen LogP contribution is 2.28. The van der Waals surface area contributed by atoms with Crippen molar-refractivity contribution in [3.05, 3.63) is 27.9 Å². The highest BCUT2D eigenvalue weighted by Gasteiger charge is 2.34. The number of carbonyl (C=O) groups excluding carboxylic acids is 1. The fourth-order valence-corrected chi connectivity index (χ4v) is 6.80. The van der Waals surface area contributed by atoms with Crippen molar-refractivity contribution in [2.45, 2.75) is 24.7 Å². The quantitative estimate of drug-likeness (QED) is 0.695. The third-order valence-corrected chi connectivity index (χ3v) is 9.23.